The summed E-state index contributed by atoms with van der Waals surface area (Å²) in [7, 11) is 1.67. The molecule has 4 rings (SSSR count). The fourth-order valence-corrected chi connectivity index (χ4v) is 3.12. The molecule has 29 heavy (non-hydrogen) atoms. The van der Waals surface area contributed by atoms with Gasteiger partial charge in [0.15, 0.2) is 0 Å². The summed E-state index contributed by atoms with van der Waals surface area (Å²) in [5.41, 5.74) is 4.40. The molecule has 7 nitrogen and oxygen atoms in total. The third-order valence-electron chi connectivity index (χ3n) is 4.56. The number of nitrogens with one attached hydrogen (secondary N) is 2. The molecule has 0 spiro atoms. The number of benzene rings is 2. The molecule has 0 radical (unpaired) electrons. The van der Waals surface area contributed by atoms with Gasteiger partial charge in [-0.1, -0.05) is 30.3 Å². The molecule has 0 saturated carbocycles. The Bertz CT molecular complexity index is 1110. The molecular formula is C22H21N5O2. The number of para-hydroxylation sites is 1. The highest BCUT2D eigenvalue weighted by atomic mass is 16.5. The van der Waals surface area contributed by atoms with Crippen molar-refractivity contribution in [1.29, 1.82) is 0 Å². The first-order valence-electron chi connectivity index (χ1n) is 9.26. The number of rotatable bonds is 6. The van der Waals surface area contributed by atoms with Crippen LogP contribution >= 0.6 is 0 Å². The number of methoxy groups -OCH3 is 1. The topological polar surface area (TPSA) is 81.1 Å². The van der Waals surface area contributed by atoms with Gasteiger partial charge >= 0.3 is 6.03 Å². The summed E-state index contributed by atoms with van der Waals surface area (Å²) in [6.45, 7) is 1.26. The maximum absolute atomic E-state index is 12.1. The molecule has 2 N–H and O–H groups in total. The zero-order valence-electron chi connectivity index (χ0n) is 16.0. The Morgan fingerprint density at radius 3 is 2.41 bits per heavy atom. The van der Waals surface area contributed by atoms with Gasteiger partial charge in [0, 0.05) is 35.6 Å². The van der Waals surface area contributed by atoms with Gasteiger partial charge in [-0.15, -0.1) is 0 Å². The minimum Gasteiger partial charge on any atom is -0.383 e. The van der Waals surface area contributed by atoms with Crippen molar-refractivity contribution in [3.05, 3.63) is 73.2 Å². The Morgan fingerprint density at radius 2 is 1.69 bits per heavy atom. The van der Waals surface area contributed by atoms with Crippen molar-refractivity contribution in [2.24, 2.45) is 0 Å². The van der Waals surface area contributed by atoms with Crippen LogP contribution in [0.15, 0.2) is 73.2 Å². The highest BCUT2D eigenvalue weighted by Crippen LogP contribution is 2.28. The van der Waals surface area contributed by atoms with E-state index in [9.17, 15) is 4.79 Å². The van der Waals surface area contributed by atoms with E-state index in [4.69, 9.17) is 4.74 Å². The van der Waals surface area contributed by atoms with Crippen molar-refractivity contribution in [2.45, 2.75) is 6.54 Å². The smallest absolute Gasteiger partial charge is 0.323 e. The SMILES string of the molecule is COCCn1ncc2c(-c3ccc(NC(=O)Nc4ccccc4)cc3)cncc21. The van der Waals surface area contributed by atoms with Crippen molar-refractivity contribution < 1.29 is 9.53 Å². The predicted molar refractivity (Wildman–Crippen MR) is 114 cm³/mol. The Labute approximate surface area is 168 Å². The zero-order valence-corrected chi connectivity index (χ0v) is 16.0. The lowest BCUT2D eigenvalue weighted by Gasteiger charge is -2.09. The van der Waals surface area contributed by atoms with E-state index in [1.165, 1.54) is 0 Å². The Hall–Kier alpha value is -3.71. The molecule has 2 aromatic carbocycles. The molecule has 0 saturated heterocycles. The number of urea groups is 1. The summed E-state index contributed by atoms with van der Waals surface area (Å²) in [6.07, 6.45) is 5.49. The van der Waals surface area contributed by atoms with E-state index in [-0.39, 0.29) is 6.03 Å². The first-order valence-corrected chi connectivity index (χ1v) is 9.26. The largest absolute Gasteiger partial charge is 0.383 e. The third-order valence-corrected chi connectivity index (χ3v) is 4.56. The quantitative estimate of drug-likeness (QED) is 0.514. The highest BCUT2D eigenvalue weighted by Gasteiger charge is 2.10. The summed E-state index contributed by atoms with van der Waals surface area (Å²) in [5, 5.41) is 11.1. The van der Waals surface area contributed by atoms with Crippen LogP contribution in [0.25, 0.3) is 22.0 Å². The molecule has 146 valence electrons. The lowest BCUT2D eigenvalue weighted by atomic mass is 10.0. The third kappa shape index (κ3) is 4.25. The number of hydrogen-bond donors (Lipinski definition) is 2. The van der Waals surface area contributed by atoms with Gasteiger partial charge in [0.2, 0.25) is 0 Å². The first kappa shape index (κ1) is 18.6. The number of fused-ring (bicyclic) bond motifs is 1. The maximum Gasteiger partial charge on any atom is 0.323 e. The van der Waals surface area contributed by atoms with E-state index in [1.807, 2.05) is 77.9 Å². The number of anilines is 2. The van der Waals surface area contributed by atoms with Crippen molar-refractivity contribution in [1.82, 2.24) is 14.8 Å². The fraction of sp³-hybridized carbons (Fsp3) is 0.136. The van der Waals surface area contributed by atoms with Crippen molar-refractivity contribution >= 4 is 28.3 Å². The lowest BCUT2D eigenvalue weighted by molar-refractivity contribution is 0.185. The molecule has 2 aromatic heterocycles. The number of hydrogen-bond acceptors (Lipinski definition) is 4. The second-order valence-corrected chi connectivity index (χ2v) is 6.50. The van der Waals surface area contributed by atoms with E-state index >= 15 is 0 Å². The minimum absolute atomic E-state index is 0.285. The van der Waals surface area contributed by atoms with E-state index in [2.05, 4.69) is 20.7 Å². The summed E-state index contributed by atoms with van der Waals surface area (Å²) >= 11 is 0. The van der Waals surface area contributed by atoms with Gasteiger partial charge in [-0.2, -0.15) is 5.10 Å². The fourth-order valence-electron chi connectivity index (χ4n) is 3.12. The van der Waals surface area contributed by atoms with Gasteiger partial charge < -0.3 is 15.4 Å². The van der Waals surface area contributed by atoms with E-state index in [0.717, 1.165) is 27.7 Å². The van der Waals surface area contributed by atoms with Crippen LogP contribution in [0.5, 0.6) is 0 Å². The minimum atomic E-state index is -0.285. The summed E-state index contributed by atoms with van der Waals surface area (Å²) < 4.78 is 7.03. The van der Waals surface area contributed by atoms with Crippen LogP contribution < -0.4 is 10.6 Å². The number of nitrogens with zero attached hydrogens (tertiary/aromatic N) is 3. The van der Waals surface area contributed by atoms with Crippen LogP contribution in [0.4, 0.5) is 16.2 Å². The predicted octanol–water partition coefficient (Wildman–Crippen LogP) is 4.39. The molecule has 0 aliphatic heterocycles. The molecule has 4 aromatic rings. The lowest BCUT2D eigenvalue weighted by Crippen LogP contribution is -2.19. The van der Waals surface area contributed by atoms with Crippen LogP contribution in [-0.4, -0.2) is 34.5 Å². The van der Waals surface area contributed by atoms with Gasteiger partial charge in [0.1, 0.15) is 0 Å². The molecule has 0 bridgehead atoms. The van der Waals surface area contributed by atoms with Crippen LogP contribution in [0.3, 0.4) is 0 Å². The first-order chi connectivity index (χ1) is 14.2. The number of aromatic nitrogens is 3. The van der Waals surface area contributed by atoms with Crippen molar-refractivity contribution in [2.75, 3.05) is 24.4 Å². The number of pyridine rings is 1. The molecule has 7 heteroatoms. The van der Waals surface area contributed by atoms with E-state index in [1.54, 1.807) is 7.11 Å². The highest BCUT2D eigenvalue weighted by molar-refractivity contribution is 6.00. The van der Waals surface area contributed by atoms with Gasteiger partial charge in [-0.25, -0.2) is 4.79 Å². The van der Waals surface area contributed by atoms with Crippen LogP contribution in [0.1, 0.15) is 0 Å². The average Bonchev–Trinajstić information content (AvgIpc) is 3.17. The summed E-state index contributed by atoms with van der Waals surface area (Å²) in [5.74, 6) is 0. The second-order valence-electron chi connectivity index (χ2n) is 6.50. The van der Waals surface area contributed by atoms with Crippen LogP contribution in [0.2, 0.25) is 0 Å². The van der Waals surface area contributed by atoms with E-state index < -0.39 is 0 Å². The van der Waals surface area contributed by atoms with Crippen molar-refractivity contribution in [3.8, 4) is 11.1 Å². The average molecular weight is 387 g/mol. The Balaban J connectivity index is 1.50. The molecule has 0 unspecified atom stereocenters. The zero-order chi connectivity index (χ0) is 20.1. The summed E-state index contributed by atoms with van der Waals surface area (Å²) in [6, 6.07) is 16.7. The number of ether oxygens (including phenoxy) is 1. The van der Waals surface area contributed by atoms with Crippen molar-refractivity contribution in [3.63, 3.8) is 0 Å². The Kier molecular flexibility index (Phi) is 5.49. The molecule has 0 aliphatic rings. The van der Waals surface area contributed by atoms with Crippen LogP contribution in [-0.2, 0) is 11.3 Å². The summed E-state index contributed by atoms with van der Waals surface area (Å²) in [4.78, 5) is 16.5. The maximum atomic E-state index is 12.1. The van der Waals surface area contributed by atoms with Gasteiger partial charge in [0.25, 0.3) is 0 Å². The Morgan fingerprint density at radius 1 is 0.966 bits per heavy atom. The molecule has 0 atom stereocenters. The number of carbonyl (C=O) groups is 1. The van der Waals surface area contributed by atoms with E-state index in [0.29, 0.717) is 18.8 Å². The molecular weight excluding hydrogens is 366 g/mol. The molecule has 0 fully saturated rings. The normalized spacial score (nSPS) is 10.8. The molecule has 0 aliphatic carbocycles. The monoisotopic (exact) mass is 387 g/mol. The van der Waals surface area contributed by atoms with Crippen LogP contribution in [0, 0.1) is 0 Å². The molecule has 2 heterocycles. The number of carbonyl (C=O) groups excluding carboxylic acids is 1. The molecule has 2 amide bonds. The standard InChI is InChI=1S/C22H21N5O2/c1-29-12-11-27-21-15-23-13-19(20(21)14-24-27)16-7-9-18(10-8-16)26-22(28)25-17-5-3-2-4-6-17/h2-10,13-15H,11-12H2,1H3,(H2,25,26,28). The number of amides is 2. The van der Waals surface area contributed by atoms with Gasteiger partial charge in [-0.3, -0.25) is 9.67 Å². The second kappa shape index (κ2) is 8.53. The van der Waals surface area contributed by atoms with Gasteiger partial charge in [-0.05, 0) is 29.8 Å². The van der Waals surface area contributed by atoms with Gasteiger partial charge in [0.05, 0.1) is 31.1 Å².